The number of amides is 4. The lowest BCUT2D eigenvalue weighted by Gasteiger charge is -2.39. The van der Waals surface area contributed by atoms with Crippen LogP contribution in [0.4, 0.5) is 32.3 Å². The first-order chi connectivity index (χ1) is 25.2. The number of carboxylic acid groups (broad SMARTS) is 1. The Hall–Kier alpha value is -5.92. The van der Waals surface area contributed by atoms with Gasteiger partial charge in [0.15, 0.2) is 5.69 Å². The van der Waals surface area contributed by atoms with Crippen molar-refractivity contribution in [2.75, 3.05) is 59.8 Å². The highest BCUT2D eigenvalue weighted by Gasteiger charge is 2.31. The maximum atomic E-state index is 14.4. The first kappa shape index (κ1) is 36.9. The number of likely N-dealkylation sites (N-methyl/N-ethyl adjacent to an activating group) is 1. The molecule has 2 aromatic carbocycles. The summed E-state index contributed by atoms with van der Waals surface area (Å²) in [6.45, 7) is 10.1. The number of carbonyl (C=O) groups excluding carboxylic acids is 3. The molecule has 4 heterocycles. The fourth-order valence-corrected chi connectivity index (χ4v) is 6.78. The van der Waals surface area contributed by atoms with Crippen LogP contribution in [-0.4, -0.2) is 95.4 Å². The van der Waals surface area contributed by atoms with Gasteiger partial charge in [0.1, 0.15) is 5.60 Å². The molecule has 2 aromatic heterocycles. The second-order valence-corrected chi connectivity index (χ2v) is 14.8. The number of nitrogens with one attached hydrogen (secondary N) is 2. The Labute approximate surface area is 308 Å². The van der Waals surface area contributed by atoms with Crippen molar-refractivity contribution in [1.82, 2.24) is 20.2 Å². The predicted molar refractivity (Wildman–Crippen MR) is 204 cm³/mol. The fourth-order valence-electron chi connectivity index (χ4n) is 6.78. The number of hydrogen-bond acceptors (Lipinski definition) is 9. The zero-order valence-electron chi connectivity index (χ0n) is 30.7. The summed E-state index contributed by atoms with van der Waals surface area (Å²) >= 11 is 0. The Morgan fingerprint density at radius 2 is 1.79 bits per heavy atom. The number of pyridine rings is 2. The molecule has 14 heteroatoms. The monoisotopic (exact) mass is 722 g/mol. The number of piperazine rings is 1. The fraction of sp³-hybridized carbons (Fsp3) is 0.385. The molecule has 0 saturated carbocycles. The molecular weight excluding hydrogens is 676 g/mol. The van der Waals surface area contributed by atoms with Crippen LogP contribution in [0, 0.1) is 5.92 Å². The first-order valence-corrected chi connectivity index (χ1v) is 17.7. The minimum absolute atomic E-state index is 0.0000452. The minimum Gasteiger partial charge on any atom is -0.465 e. The molecule has 278 valence electrons. The molecule has 4 amide bonds. The second kappa shape index (κ2) is 15.4. The summed E-state index contributed by atoms with van der Waals surface area (Å²) in [6.07, 6.45) is 2.20. The Morgan fingerprint density at radius 1 is 1.02 bits per heavy atom. The number of alkyl carbamates (subject to hydrolysis) is 1. The van der Waals surface area contributed by atoms with Gasteiger partial charge in [0.2, 0.25) is 5.91 Å². The molecule has 2 saturated heterocycles. The Balaban J connectivity index is 1.34. The molecule has 2 fully saturated rings. The van der Waals surface area contributed by atoms with Gasteiger partial charge in [-0.3, -0.25) is 19.5 Å². The van der Waals surface area contributed by atoms with Gasteiger partial charge in [0, 0.05) is 56.5 Å². The van der Waals surface area contributed by atoms with Crippen molar-refractivity contribution in [1.29, 1.82) is 0 Å². The molecular formula is C39H46N8O6. The van der Waals surface area contributed by atoms with Crippen molar-refractivity contribution >= 4 is 57.7 Å². The second-order valence-electron chi connectivity index (χ2n) is 14.8. The molecule has 0 unspecified atom stereocenters. The lowest BCUT2D eigenvalue weighted by molar-refractivity contribution is -0.129. The smallest absolute Gasteiger partial charge is 0.412 e. The summed E-state index contributed by atoms with van der Waals surface area (Å²) in [7, 11) is 1.77. The van der Waals surface area contributed by atoms with Gasteiger partial charge in [0.25, 0.3) is 5.91 Å². The number of fused-ring (bicyclic) bond motifs is 1. The highest BCUT2D eigenvalue weighted by molar-refractivity contribution is 6.11. The Kier molecular flexibility index (Phi) is 10.7. The summed E-state index contributed by atoms with van der Waals surface area (Å²) in [5.41, 5.74) is 2.48. The average Bonchev–Trinajstić information content (AvgIpc) is 3.10. The van der Waals surface area contributed by atoms with E-state index in [4.69, 9.17) is 9.72 Å². The number of benzene rings is 2. The van der Waals surface area contributed by atoms with Gasteiger partial charge in [-0.25, -0.2) is 14.6 Å². The molecule has 4 aromatic rings. The molecule has 2 aliphatic heterocycles. The van der Waals surface area contributed by atoms with Crippen molar-refractivity contribution in [3.05, 3.63) is 84.3 Å². The van der Waals surface area contributed by atoms with E-state index in [1.165, 1.54) is 0 Å². The van der Waals surface area contributed by atoms with Crippen molar-refractivity contribution in [2.24, 2.45) is 5.92 Å². The molecule has 3 N–H and O–H groups in total. The summed E-state index contributed by atoms with van der Waals surface area (Å²) in [4.78, 5) is 68.3. The predicted octanol–water partition coefficient (Wildman–Crippen LogP) is 5.58. The summed E-state index contributed by atoms with van der Waals surface area (Å²) in [5.74, 6) is -0.412. The topological polar surface area (TPSA) is 161 Å². The molecule has 0 spiro atoms. The summed E-state index contributed by atoms with van der Waals surface area (Å²) < 4.78 is 5.50. The van der Waals surface area contributed by atoms with Crippen LogP contribution in [-0.2, 0) is 16.1 Å². The third-order valence-corrected chi connectivity index (χ3v) is 9.29. The molecule has 2 aliphatic rings. The van der Waals surface area contributed by atoms with Crippen molar-refractivity contribution in [3.63, 3.8) is 0 Å². The van der Waals surface area contributed by atoms with Gasteiger partial charge in [-0.2, -0.15) is 0 Å². The number of ether oxygens (including phenoxy) is 1. The normalized spacial score (nSPS) is 17.8. The molecule has 6 rings (SSSR count). The van der Waals surface area contributed by atoms with Crippen LogP contribution >= 0.6 is 0 Å². The first-order valence-electron chi connectivity index (χ1n) is 17.7. The lowest BCUT2D eigenvalue weighted by Crippen LogP contribution is -2.51. The van der Waals surface area contributed by atoms with E-state index in [-0.39, 0.29) is 42.3 Å². The lowest BCUT2D eigenvalue weighted by atomic mass is 9.95. The van der Waals surface area contributed by atoms with E-state index in [1.807, 2.05) is 74.2 Å². The highest BCUT2D eigenvalue weighted by atomic mass is 16.6. The molecule has 53 heavy (non-hydrogen) atoms. The Bertz CT molecular complexity index is 2000. The van der Waals surface area contributed by atoms with Crippen molar-refractivity contribution < 1.29 is 29.0 Å². The summed E-state index contributed by atoms with van der Waals surface area (Å²) in [5, 5.41) is 17.1. The minimum atomic E-state index is -1.25. The zero-order chi connectivity index (χ0) is 37.9. The van der Waals surface area contributed by atoms with Crippen LogP contribution in [0.5, 0.6) is 0 Å². The van der Waals surface area contributed by atoms with Crippen LogP contribution < -0.4 is 25.3 Å². The van der Waals surface area contributed by atoms with Crippen LogP contribution in [0.15, 0.2) is 73.1 Å². The van der Waals surface area contributed by atoms with Crippen LogP contribution in [0.3, 0.4) is 0 Å². The van der Waals surface area contributed by atoms with Gasteiger partial charge < -0.3 is 35.2 Å². The van der Waals surface area contributed by atoms with E-state index in [1.54, 1.807) is 36.5 Å². The number of piperidine rings is 1. The molecule has 0 radical (unpaired) electrons. The van der Waals surface area contributed by atoms with Crippen molar-refractivity contribution in [2.45, 2.75) is 52.3 Å². The van der Waals surface area contributed by atoms with E-state index in [0.29, 0.717) is 48.5 Å². The zero-order valence-corrected chi connectivity index (χ0v) is 30.7. The summed E-state index contributed by atoms with van der Waals surface area (Å²) in [6, 6.07) is 17.9. The van der Waals surface area contributed by atoms with Crippen LogP contribution in [0.25, 0.3) is 10.9 Å². The third-order valence-electron chi connectivity index (χ3n) is 9.29. The standard InChI is InChI=1S/C39H46N8O6/c1-25-17-28(41-37(50)53-39(2,3)4)23-46(21-25)32-13-14-40-20-31(32)43-36(49)35-33(47(38(51)52)22-26-9-7-6-8-10-26)18-27-11-12-29(19-30(27)42-35)45-16-15-44(5)34(48)24-45/h6-14,18-20,25,28H,15-17,21-24H2,1-5H3,(H,41,50)(H,43,49)(H,51,52)/t25-,28+/m1/s1. The van der Waals surface area contributed by atoms with Gasteiger partial charge in [-0.05, 0) is 62.9 Å². The third kappa shape index (κ3) is 8.94. The van der Waals surface area contributed by atoms with Gasteiger partial charge >= 0.3 is 12.2 Å². The number of rotatable bonds is 8. The number of carbonyl (C=O) groups is 4. The number of anilines is 4. The van der Waals surface area contributed by atoms with E-state index in [9.17, 15) is 24.3 Å². The maximum Gasteiger partial charge on any atom is 0.412 e. The SMILES string of the molecule is C[C@@H]1C[C@H](NC(=O)OC(C)(C)C)CN(c2ccncc2NC(=O)c2nc3cc(N4CCN(C)C(=O)C4)ccc3cc2N(Cc2ccccc2)C(=O)O)C1. The number of aromatic nitrogens is 2. The quantitative estimate of drug-likeness (QED) is 0.209. The van der Waals surface area contributed by atoms with Crippen molar-refractivity contribution in [3.8, 4) is 0 Å². The number of hydrogen-bond donors (Lipinski definition) is 3. The van der Waals surface area contributed by atoms with E-state index in [0.717, 1.165) is 22.6 Å². The largest absolute Gasteiger partial charge is 0.465 e. The van der Waals surface area contributed by atoms with E-state index >= 15 is 0 Å². The number of nitrogens with zero attached hydrogens (tertiary/aromatic N) is 6. The van der Waals surface area contributed by atoms with Crippen LogP contribution in [0.2, 0.25) is 0 Å². The van der Waals surface area contributed by atoms with Gasteiger partial charge in [0.05, 0.1) is 41.9 Å². The van der Waals surface area contributed by atoms with Gasteiger partial charge in [-0.15, -0.1) is 0 Å². The van der Waals surface area contributed by atoms with Crippen LogP contribution in [0.1, 0.15) is 50.2 Å². The molecule has 14 nitrogen and oxygen atoms in total. The molecule has 0 aliphatic carbocycles. The van der Waals surface area contributed by atoms with E-state index in [2.05, 4.69) is 27.4 Å². The van der Waals surface area contributed by atoms with Gasteiger partial charge in [-0.1, -0.05) is 43.3 Å². The van der Waals surface area contributed by atoms with E-state index < -0.39 is 23.7 Å². The maximum absolute atomic E-state index is 14.4. The molecule has 0 bridgehead atoms. The Morgan fingerprint density at radius 3 is 2.51 bits per heavy atom. The average molecular weight is 723 g/mol. The molecule has 2 atom stereocenters. The highest BCUT2D eigenvalue weighted by Crippen LogP contribution is 2.33.